The molecule has 0 unspecified atom stereocenters. The summed E-state index contributed by atoms with van der Waals surface area (Å²) in [5.74, 6) is 1.30. The number of hydrogen-bond donors (Lipinski definition) is 1. The quantitative estimate of drug-likeness (QED) is 0.307. The zero-order valence-electron chi connectivity index (χ0n) is 18.4. The van der Waals surface area contributed by atoms with Gasteiger partial charge in [-0.1, -0.05) is 25.8 Å². The van der Waals surface area contributed by atoms with E-state index in [9.17, 15) is 4.39 Å². The monoisotopic (exact) mass is 423 g/mol. The first-order valence-electron chi connectivity index (χ1n) is 10.1. The van der Waals surface area contributed by atoms with Gasteiger partial charge in [0.05, 0.1) is 6.61 Å². The van der Waals surface area contributed by atoms with Gasteiger partial charge in [-0.2, -0.15) is 9.37 Å². The number of aromatic nitrogens is 4. The van der Waals surface area contributed by atoms with E-state index in [0.29, 0.717) is 36.2 Å². The van der Waals surface area contributed by atoms with Crippen molar-refractivity contribution in [3.63, 3.8) is 0 Å². The molecule has 0 saturated carbocycles. The van der Waals surface area contributed by atoms with Crippen LogP contribution in [0.5, 0.6) is 5.88 Å². The van der Waals surface area contributed by atoms with Crippen molar-refractivity contribution in [2.24, 2.45) is 0 Å². The van der Waals surface area contributed by atoms with Crippen LogP contribution in [0.1, 0.15) is 43.1 Å². The Kier molecular flexibility index (Phi) is 12.6. The molecular weight excluding hydrogens is 393 g/mol. The molecule has 0 aliphatic carbocycles. The summed E-state index contributed by atoms with van der Waals surface area (Å²) in [6.45, 7) is 6.79. The molecule has 0 saturated heterocycles. The first-order chi connectivity index (χ1) is 15.1. The van der Waals surface area contributed by atoms with E-state index in [1.165, 1.54) is 6.20 Å². The summed E-state index contributed by atoms with van der Waals surface area (Å²) in [4.78, 5) is 16.1. The zero-order chi connectivity index (χ0) is 22.9. The van der Waals surface area contributed by atoms with Gasteiger partial charge in [-0.15, -0.1) is 12.8 Å². The van der Waals surface area contributed by atoms with E-state index in [-0.39, 0.29) is 0 Å². The third-order valence-corrected chi connectivity index (χ3v) is 3.89. The van der Waals surface area contributed by atoms with Gasteiger partial charge in [0.1, 0.15) is 11.6 Å². The lowest BCUT2D eigenvalue weighted by atomic mass is 10.2. The molecule has 0 fully saturated rings. The lowest BCUT2D eigenvalue weighted by Gasteiger charge is -2.10. The van der Waals surface area contributed by atoms with Gasteiger partial charge in [-0.05, 0) is 44.0 Å². The molecule has 3 aromatic heterocycles. The topological polar surface area (TPSA) is 72.8 Å². The molecule has 6 nitrogen and oxygen atoms in total. The van der Waals surface area contributed by atoms with Crippen molar-refractivity contribution >= 4 is 5.82 Å². The Balaban J connectivity index is 0.000000508. The van der Waals surface area contributed by atoms with E-state index in [4.69, 9.17) is 4.74 Å². The van der Waals surface area contributed by atoms with Crippen molar-refractivity contribution in [3.8, 4) is 18.7 Å². The number of aryl methyl sites for hydroxylation is 2. The molecule has 1 N–H and O–H groups in total. The summed E-state index contributed by atoms with van der Waals surface area (Å²) < 4.78 is 19.3. The van der Waals surface area contributed by atoms with Crippen LogP contribution in [0, 0.1) is 32.6 Å². The van der Waals surface area contributed by atoms with Crippen LogP contribution in [0.2, 0.25) is 0 Å². The van der Waals surface area contributed by atoms with Crippen molar-refractivity contribution in [1.29, 1.82) is 0 Å². The van der Waals surface area contributed by atoms with Crippen LogP contribution in [-0.2, 0) is 6.54 Å². The lowest BCUT2D eigenvalue weighted by molar-refractivity contribution is 0.294. The third kappa shape index (κ3) is 10.7. The number of nitrogens with zero attached hydrogens (tertiary/aromatic N) is 4. The summed E-state index contributed by atoms with van der Waals surface area (Å²) in [6, 6.07) is 9.22. The highest BCUT2D eigenvalue weighted by Gasteiger charge is 2.06. The van der Waals surface area contributed by atoms with Gasteiger partial charge >= 0.3 is 0 Å². The summed E-state index contributed by atoms with van der Waals surface area (Å²) >= 11 is 0. The zero-order valence-corrected chi connectivity index (χ0v) is 18.4. The Morgan fingerprint density at radius 1 is 1.03 bits per heavy atom. The van der Waals surface area contributed by atoms with Crippen molar-refractivity contribution in [3.05, 3.63) is 71.8 Å². The van der Waals surface area contributed by atoms with Crippen molar-refractivity contribution in [2.45, 2.75) is 46.6 Å². The molecule has 3 aromatic rings. The van der Waals surface area contributed by atoms with Gasteiger partial charge in [-0.3, -0.25) is 4.98 Å². The van der Waals surface area contributed by atoms with Crippen LogP contribution in [0.15, 0.2) is 48.9 Å². The van der Waals surface area contributed by atoms with E-state index in [1.54, 1.807) is 31.5 Å². The number of anilines is 1. The van der Waals surface area contributed by atoms with E-state index < -0.39 is 5.95 Å². The third-order valence-electron chi connectivity index (χ3n) is 3.89. The number of nitrogens with one attached hydrogen (secondary N) is 1. The Bertz CT molecular complexity index is 876. The first-order valence-corrected chi connectivity index (χ1v) is 10.1. The number of unbranched alkanes of at least 4 members (excludes halogenated alkanes) is 2. The molecule has 0 atom stereocenters. The van der Waals surface area contributed by atoms with E-state index in [0.717, 1.165) is 24.8 Å². The van der Waals surface area contributed by atoms with E-state index in [2.05, 4.69) is 45.0 Å². The molecule has 0 bridgehead atoms. The molecule has 31 heavy (non-hydrogen) atoms. The number of hydrogen-bond acceptors (Lipinski definition) is 6. The van der Waals surface area contributed by atoms with Gasteiger partial charge in [0.2, 0.25) is 11.8 Å². The number of pyridine rings is 2. The summed E-state index contributed by atoms with van der Waals surface area (Å²) in [5, 5.41) is 3.10. The fourth-order valence-corrected chi connectivity index (χ4v) is 2.47. The summed E-state index contributed by atoms with van der Waals surface area (Å²) in [5.41, 5.74) is 1.42. The van der Waals surface area contributed by atoms with Crippen LogP contribution in [0.3, 0.4) is 0 Å². The highest BCUT2D eigenvalue weighted by molar-refractivity contribution is 5.39. The van der Waals surface area contributed by atoms with Gasteiger partial charge in [0.15, 0.2) is 0 Å². The molecule has 0 aliphatic rings. The normalized spacial score (nSPS) is 9.48. The maximum Gasteiger partial charge on any atom is 0.218 e. The predicted molar refractivity (Wildman–Crippen MR) is 122 cm³/mol. The smallest absolute Gasteiger partial charge is 0.218 e. The Morgan fingerprint density at radius 2 is 1.77 bits per heavy atom. The van der Waals surface area contributed by atoms with Gasteiger partial charge in [-0.25, -0.2) is 9.97 Å². The van der Waals surface area contributed by atoms with Crippen LogP contribution in [0.4, 0.5) is 10.2 Å². The summed E-state index contributed by atoms with van der Waals surface area (Å²) in [7, 11) is 0. The number of ether oxygens (including phenoxy) is 1. The van der Waals surface area contributed by atoms with Crippen molar-refractivity contribution in [1.82, 2.24) is 19.9 Å². The van der Waals surface area contributed by atoms with Crippen LogP contribution in [0.25, 0.3) is 0 Å². The van der Waals surface area contributed by atoms with Gasteiger partial charge in [0.25, 0.3) is 0 Å². The van der Waals surface area contributed by atoms with E-state index >= 15 is 0 Å². The molecule has 0 aliphatic heterocycles. The molecule has 7 heteroatoms. The standard InChI is InChI=1S/C17H23FN4O.C5H5N.C2H2/c1-4-5-6-7-23-16-9-15(21-13(3)22-16)19-11-14-8-12(2)10-20-17(14)18;1-2-4-6-5-3-1;1-2/h8-10H,4-7,11H2,1-3H3,(H,19,21,22);1-5H;1-2H. The molecule has 0 aromatic carbocycles. The minimum atomic E-state index is -0.468. The maximum atomic E-state index is 13.7. The van der Waals surface area contributed by atoms with E-state index in [1.807, 2.05) is 25.1 Å². The molecule has 3 heterocycles. The predicted octanol–water partition coefficient (Wildman–Crippen LogP) is 5.14. The molecule has 3 rings (SSSR count). The highest BCUT2D eigenvalue weighted by Crippen LogP contribution is 2.16. The second-order valence-corrected chi connectivity index (χ2v) is 6.53. The van der Waals surface area contributed by atoms with Crippen LogP contribution < -0.4 is 10.1 Å². The van der Waals surface area contributed by atoms with Gasteiger partial charge in [0, 0.05) is 36.8 Å². The SMILES string of the molecule is C#C.CCCCCOc1cc(NCc2cc(C)cnc2F)nc(C)n1.c1ccncc1. The average Bonchev–Trinajstić information content (AvgIpc) is 2.80. The second kappa shape index (κ2) is 15.3. The molecule has 0 amide bonds. The van der Waals surface area contributed by atoms with Crippen molar-refractivity contribution < 1.29 is 9.13 Å². The molecule has 0 spiro atoms. The Hall–Kier alpha value is -3.53. The lowest BCUT2D eigenvalue weighted by Crippen LogP contribution is -2.07. The fourth-order valence-electron chi connectivity index (χ4n) is 2.47. The number of terminal acetylenes is 1. The van der Waals surface area contributed by atoms with Crippen molar-refractivity contribution in [2.75, 3.05) is 11.9 Å². The average molecular weight is 424 g/mol. The Labute approximate surface area is 184 Å². The van der Waals surface area contributed by atoms with Crippen LogP contribution >= 0.6 is 0 Å². The summed E-state index contributed by atoms with van der Waals surface area (Å²) in [6.07, 6.45) is 16.3. The first kappa shape index (κ1) is 25.5. The number of halogens is 1. The Morgan fingerprint density at radius 3 is 2.39 bits per heavy atom. The maximum absolute atomic E-state index is 13.7. The fraction of sp³-hybridized carbons (Fsp3) is 0.333. The second-order valence-electron chi connectivity index (χ2n) is 6.53. The molecule has 164 valence electrons. The number of rotatable bonds is 8. The molecule has 0 radical (unpaired) electrons. The highest BCUT2D eigenvalue weighted by atomic mass is 19.1. The largest absolute Gasteiger partial charge is 0.478 e. The van der Waals surface area contributed by atoms with Crippen LogP contribution in [-0.4, -0.2) is 26.5 Å². The minimum Gasteiger partial charge on any atom is -0.478 e. The minimum absolute atomic E-state index is 0.312. The molecular formula is C24H30FN5O. The van der Waals surface area contributed by atoms with Gasteiger partial charge < -0.3 is 10.1 Å².